The molecule has 1 atom stereocenters. The molecule has 0 bridgehead atoms. The molecule has 0 aromatic heterocycles. The summed E-state index contributed by atoms with van der Waals surface area (Å²) in [4.78, 5) is 38.3. The third kappa shape index (κ3) is 4.01. The van der Waals surface area contributed by atoms with E-state index in [2.05, 4.69) is 10.6 Å². The van der Waals surface area contributed by atoms with Gasteiger partial charge in [-0.25, -0.2) is 4.79 Å². The van der Waals surface area contributed by atoms with E-state index in [4.69, 9.17) is 5.26 Å². The highest BCUT2D eigenvalue weighted by Crippen LogP contribution is 2.23. The van der Waals surface area contributed by atoms with Crippen LogP contribution in [0.5, 0.6) is 0 Å². The molecular weight excluding hydrogens is 356 g/mol. The summed E-state index contributed by atoms with van der Waals surface area (Å²) < 4.78 is 0. The Morgan fingerprint density at radius 3 is 2.54 bits per heavy atom. The number of rotatable bonds is 6. The first-order valence-electron chi connectivity index (χ1n) is 8.90. The van der Waals surface area contributed by atoms with Crippen molar-refractivity contribution in [2.75, 3.05) is 11.9 Å². The Kier molecular flexibility index (Phi) is 5.41. The predicted octanol–water partition coefficient (Wildman–Crippen LogP) is 2.44. The Balaban J connectivity index is 1.64. The fourth-order valence-corrected chi connectivity index (χ4v) is 3.12. The van der Waals surface area contributed by atoms with Crippen LogP contribution < -0.4 is 10.6 Å². The van der Waals surface area contributed by atoms with Crippen molar-refractivity contribution >= 4 is 23.5 Å². The fourth-order valence-electron chi connectivity index (χ4n) is 3.12. The summed E-state index contributed by atoms with van der Waals surface area (Å²) in [6.07, 6.45) is 1.05. The van der Waals surface area contributed by atoms with E-state index in [-0.39, 0.29) is 0 Å². The van der Waals surface area contributed by atoms with Crippen molar-refractivity contribution in [1.82, 2.24) is 10.2 Å². The van der Waals surface area contributed by atoms with E-state index in [1.165, 1.54) is 0 Å². The lowest BCUT2D eigenvalue weighted by Gasteiger charge is -2.21. The average Bonchev–Trinajstić information content (AvgIpc) is 2.91. The lowest BCUT2D eigenvalue weighted by atomic mass is 9.93. The van der Waals surface area contributed by atoms with Crippen LogP contribution in [0.1, 0.15) is 24.5 Å². The van der Waals surface area contributed by atoms with Crippen LogP contribution in [0, 0.1) is 11.3 Å². The highest BCUT2D eigenvalue weighted by atomic mass is 16.2. The van der Waals surface area contributed by atoms with Gasteiger partial charge in [-0.1, -0.05) is 42.5 Å². The summed E-state index contributed by atoms with van der Waals surface area (Å²) in [7, 11) is 0. The van der Waals surface area contributed by atoms with Crippen LogP contribution in [0.4, 0.5) is 10.5 Å². The SMILES string of the molecule is C[C@]1(CCc2ccccc2)NC(=O)N(CC(=O)Nc2ccccc2C#N)C1=O. The number of anilines is 1. The summed E-state index contributed by atoms with van der Waals surface area (Å²) >= 11 is 0. The van der Waals surface area contributed by atoms with E-state index < -0.39 is 29.9 Å². The summed E-state index contributed by atoms with van der Waals surface area (Å²) in [5.41, 5.74) is 0.655. The maximum Gasteiger partial charge on any atom is 0.325 e. The third-order valence-corrected chi connectivity index (χ3v) is 4.72. The van der Waals surface area contributed by atoms with Crippen molar-refractivity contribution in [1.29, 1.82) is 5.26 Å². The molecule has 1 aliphatic heterocycles. The number of nitriles is 1. The number of carbonyl (C=O) groups excluding carboxylic acids is 3. The van der Waals surface area contributed by atoms with E-state index in [0.29, 0.717) is 24.1 Å². The van der Waals surface area contributed by atoms with Crippen LogP contribution in [-0.4, -0.2) is 34.8 Å². The molecule has 2 aromatic carbocycles. The van der Waals surface area contributed by atoms with Gasteiger partial charge in [0.25, 0.3) is 5.91 Å². The smallest absolute Gasteiger partial charge is 0.323 e. The number of nitrogens with zero attached hydrogens (tertiary/aromatic N) is 2. The standard InChI is InChI=1S/C21H20N4O3/c1-21(12-11-15-7-3-2-4-8-15)19(27)25(20(28)24-21)14-18(26)23-17-10-6-5-9-16(17)13-22/h2-10H,11-12,14H2,1H3,(H,23,26)(H,24,28)/t21-/m1/s1. The molecule has 0 saturated carbocycles. The molecule has 3 rings (SSSR count). The Morgan fingerprint density at radius 1 is 1.14 bits per heavy atom. The number of aryl methyl sites for hydroxylation is 1. The van der Waals surface area contributed by atoms with Crippen LogP contribution in [-0.2, 0) is 16.0 Å². The fraction of sp³-hybridized carbons (Fsp3) is 0.238. The number of para-hydroxylation sites is 1. The van der Waals surface area contributed by atoms with Crippen molar-refractivity contribution in [3.8, 4) is 6.07 Å². The Hall–Kier alpha value is -3.66. The number of benzene rings is 2. The van der Waals surface area contributed by atoms with Gasteiger partial charge in [-0.2, -0.15) is 5.26 Å². The molecule has 1 saturated heterocycles. The monoisotopic (exact) mass is 376 g/mol. The molecule has 0 spiro atoms. The van der Waals surface area contributed by atoms with Gasteiger partial charge in [0, 0.05) is 0 Å². The number of hydrogen-bond acceptors (Lipinski definition) is 4. The molecule has 7 nitrogen and oxygen atoms in total. The average molecular weight is 376 g/mol. The number of hydrogen-bond donors (Lipinski definition) is 2. The number of imide groups is 1. The Bertz CT molecular complexity index is 952. The van der Waals surface area contributed by atoms with E-state index in [1.54, 1.807) is 31.2 Å². The Labute approximate surface area is 163 Å². The minimum atomic E-state index is -1.06. The molecule has 1 aliphatic rings. The van der Waals surface area contributed by atoms with Crippen LogP contribution in [0.15, 0.2) is 54.6 Å². The molecule has 0 radical (unpaired) electrons. The first-order valence-corrected chi connectivity index (χ1v) is 8.90. The maximum atomic E-state index is 12.8. The van der Waals surface area contributed by atoms with Gasteiger partial charge in [0.1, 0.15) is 18.2 Å². The second kappa shape index (κ2) is 7.92. The van der Waals surface area contributed by atoms with Crippen molar-refractivity contribution in [3.05, 3.63) is 65.7 Å². The van der Waals surface area contributed by atoms with Crippen molar-refractivity contribution in [3.63, 3.8) is 0 Å². The molecule has 2 N–H and O–H groups in total. The highest BCUT2D eigenvalue weighted by Gasteiger charge is 2.47. The number of carbonyl (C=O) groups is 3. The van der Waals surface area contributed by atoms with E-state index in [1.807, 2.05) is 36.4 Å². The summed E-state index contributed by atoms with van der Waals surface area (Å²) in [6, 6.07) is 17.6. The van der Waals surface area contributed by atoms with Crippen molar-refractivity contribution < 1.29 is 14.4 Å². The lowest BCUT2D eigenvalue weighted by molar-refractivity contribution is -0.133. The second-order valence-corrected chi connectivity index (χ2v) is 6.84. The number of urea groups is 1. The van der Waals surface area contributed by atoms with Gasteiger partial charge in [-0.15, -0.1) is 0 Å². The van der Waals surface area contributed by atoms with E-state index in [0.717, 1.165) is 10.5 Å². The zero-order chi connectivity index (χ0) is 20.1. The van der Waals surface area contributed by atoms with Crippen molar-refractivity contribution in [2.24, 2.45) is 0 Å². The molecule has 7 heteroatoms. The molecule has 0 unspecified atom stereocenters. The van der Waals surface area contributed by atoms with E-state index >= 15 is 0 Å². The van der Waals surface area contributed by atoms with Crippen LogP contribution in [0.3, 0.4) is 0 Å². The number of amides is 4. The largest absolute Gasteiger partial charge is 0.325 e. The molecule has 2 aromatic rings. The predicted molar refractivity (Wildman–Crippen MR) is 103 cm³/mol. The zero-order valence-corrected chi connectivity index (χ0v) is 15.4. The van der Waals surface area contributed by atoms with Gasteiger partial charge in [-0.3, -0.25) is 14.5 Å². The topological polar surface area (TPSA) is 102 Å². The lowest BCUT2D eigenvalue weighted by Crippen LogP contribution is -2.45. The third-order valence-electron chi connectivity index (χ3n) is 4.72. The molecule has 4 amide bonds. The molecular formula is C21H20N4O3. The summed E-state index contributed by atoms with van der Waals surface area (Å²) in [5.74, 6) is -0.976. The second-order valence-electron chi connectivity index (χ2n) is 6.84. The molecule has 1 heterocycles. The molecule has 0 aliphatic carbocycles. The zero-order valence-electron chi connectivity index (χ0n) is 15.4. The molecule has 28 heavy (non-hydrogen) atoms. The summed E-state index contributed by atoms with van der Waals surface area (Å²) in [5, 5.41) is 14.4. The van der Waals surface area contributed by atoms with Gasteiger partial charge in [0.15, 0.2) is 0 Å². The van der Waals surface area contributed by atoms with Gasteiger partial charge in [0.2, 0.25) is 5.91 Å². The minimum Gasteiger partial charge on any atom is -0.323 e. The van der Waals surface area contributed by atoms with Crippen molar-refractivity contribution in [2.45, 2.75) is 25.3 Å². The van der Waals surface area contributed by atoms with Gasteiger partial charge in [0.05, 0.1) is 11.3 Å². The minimum absolute atomic E-state index is 0.306. The molecule has 142 valence electrons. The first kappa shape index (κ1) is 19.1. The quantitative estimate of drug-likeness (QED) is 0.756. The van der Waals surface area contributed by atoms with Crippen LogP contribution in [0.2, 0.25) is 0 Å². The van der Waals surface area contributed by atoms with Gasteiger partial charge < -0.3 is 10.6 Å². The van der Waals surface area contributed by atoms with Gasteiger partial charge >= 0.3 is 6.03 Å². The van der Waals surface area contributed by atoms with Gasteiger partial charge in [-0.05, 0) is 37.5 Å². The Morgan fingerprint density at radius 2 is 1.82 bits per heavy atom. The maximum absolute atomic E-state index is 12.8. The number of nitrogens with one attached hydrogen (secondary N) is 2. The van der Waals surface area contributed by atoms with Crippen LogP contribution >= 0.6 is 0 Å². The normalized spacial score (nSPS) is 18.5. The first-order chi connectivity index (χ1) is 13.4. The summed E-state index contributed by atoms with van der Waals surface area (Å²) in [6.45, 7) is 1.25. The highest BCUT2D eigenvalue weighted by molar-refractivity contribution is 6.10. The van der Waals surface area contributed by atoms with Crippen LogP contribution in [0.25, 0.3) is 0 Å². The van der Waals surface area contributed by atoms with E-state index in [9.17, 15) is 14.4 Å². The molecule has 1 fully saturated rings.